The van der Waals surface area contributed by atoms with Crippen LogP contribution in [0.4, 0.5) is 0 Å². The molecule has 1 aromatic rings. The number of rotatable bonds is 4. The largest absolute Gasteiger partial charge is 0.357 e. The van der Waals surface area contributed by atoms with Crippen molar-refractivity contribution in [2.45, 2.75) is 32.7 Å². The maximum Gasteiger partial charge on any atom is 0.193 e. The Bertz CT molecular complexity index is 482. The summed E-state index contributed by atoms with van der Waals surface area (Å²) < 4.78 is 0. The van der Waals surface area contributed by atoms with Gasteiger partial charge in [0.2, 0.25) is 0 Å². The minimum absolute atomic E-state index is 0. The Labute approximate surface area is 155 Å². The maximum atomic E-state index is 4.83. The number of thiophene rings is 1. The Hall–Kier alpha value is -0.340. The standard InChI is InChI=1S/C16H26N4S.HI/c1-2-17-16(20-8-3-4-9-20)18-7-11-19-10-5-15-14(13-19)6-12-21-15;/h6,12H,2-5,7-11,13H2,1H3,(H,17,18);1H. The highest BCUT2D eigenvalue weighted by molar-refractivity contribution is 14.0. The molecule has 1 fully saturated rings. The summed E-state index contributed by atoms with van der Waals surface area (Å²) in [5.74, 6) is 1.11. The second-order valence-corrected chi connectivity index (χ2v) is 6.83. The van der Waals surface area contributed by atoms with Gasteiger partial charge in [-0.05, 0) is 43.2 Å². The number of fused-ring (bicyclic) bond motifs is 1. The summed E-state index contributed by atoms with van der Waals surface area (Å²) in [5, 5.41) is 5.66. The second kappa shape index (κ2) is 9.08. The summed E-state index contributed by atoms with van der Waals surface area (Å²) in [6, 6.07) is 2.28. The van der Waals surface area contributed by atoms with Crippen molar-refractivity contribution in [3.8, 4) is 0 Å². The van der Waals surface area contributed by atoms with E-state index in [-0.39, 0.29) is 24.0 Å². The van der Waals surface area contributed by atoms with Crippen molar-refractivity contribution in [2.75, 3.05) is 39.3 Å². The quantitative estimate of drug-likeness (QED) is 0.449. The maximum absolute atomic E-state index is 4.83. The van der Waals surface area contributed by atoms with Gasteiger partial charge in [-0.15, -0.1) is 35.3 Å². The lowest BCUT2D eigenvalue weighted by molar-refractivity contribution is 0.263. The van der Waals surface area contributed by atoms with E-state index >= 15 is 0 Å². The molecule has 1 N–H and O–H groups in total. The molecule has 0 bridgehead atoms. The van der Waals surface area contributed by atoms with Gasteiger partial charge in [0.05, 0.1) is 6.54 Å². The molecule has 6 heteroatoms. The highest BCUT2D eigenvalue weighted by Crippen LogP contribution is 2.23. The van der Waals surface area contributed by atoms with E-state index in [1.54, 1.807) is 4.88 Å². The van der Waals surface area contributed by atoms with Crippen molar-refractivity contribution in [1.29, 1.82) is 0 Å². The lowest BCUT2D eigenvalue weighted by Gasteiger charge is -2.26. The minimum Gasteiger partial charge on any atom is -0.357 e. The van der Waals surface area contributed by atoms with Crippen LogP contribution in [0, 0.1) is 0 Å². The first-order chi connectivity index (χ1) is 10.4. The fourth-order valence-electron chi connectivity index (χ4n) is 3.15. The predicted molar refractivity (Wildman–Crippen MR) is 106 cm³/mol. The van der Waals surface area contributed by atoms with Gasteiger partial charge in [-0.25, -0.2) is 0 Å². The molecule has 0 aliphatic carbocycles. The first kappa shape index (κ1) is 18.0. The number of halogens is 1. The minimum atomic E-state index is 0. The molecule has 2 aliphatic heterocycles. The normalized spacial score (nSPS) is 19.0. The van der Waals surface area contributed by atoms with E-state index in [1.807, 2.05) is 11.3 Å². The van der Waals surface area contributed by atoms with Crippen LogP contribution in [-0.2, 0) is 13.0 Å². The van der Waals surface area contributed by atoms with Crippen LogP contribution in [0.25, 0.3) is 0 Å². The van der Waals surface area contributed by atoms with Gasteiger partial charge in [0.25, 0.3) is 0 Å². The fraction of sp³-hybridized carbons (Fsp3) is 0.688. The molecule has 124 valence electrons. The summed E-state index contributed by atoms with van der Waals surface area (Å²) in [6.45, 7) is 9.68. The Kier molecular flexibility index (Phi) is 7.43. The van der Waals surface area contributed by atoms with Gasteiger partial charge in [0.1, 0.15) is 0 Å². The highest BCUT2D eigenvalue weighted by atomic mass is 127. The first-order valence-electron chi connectivity index (χ1n) is 8.17. The fourth-order valence-corrected chi connectivity index (χ4v) is 4.04. The zero-order chi connectivity index (χ0) is 14.5. The van der Waals surface area contributed by atoms with Gasteiger partial charge in [0, 0.05) is 44.1 Å². The molecular formula is C16H27IN4S. The Morgan fingerprint density at radius 1 is 1.32 bits per heavy atom. The van der Waals surface area contributed by atoms with Crippen molar-refractivity contribution in [3.05, 3.63) is 21.9 Å². The van der Waals surface area contributed by atoms with Crippen LogP contribution in [0.15, 0.2) is 16.4 Å². The van der Waals surface area contributed by atoms with Gasteiger partial charge in [-0.2, -0.15) is 0 Å². The molecule has 0 amide bonds. The highest BCUT2D eigenvalue weighted by Gasteiger charge is 2.18. The smallest absolute Gasteiger partial charge is 0.193 e. The molecule has 1 saturated heterocycles. The lowest BCUT2D eigenvalue weighted by Crippen LogP contribution is -2.40. The monoisotopic (exact) mass is 434 g/mol. The second-order valence-electron chi connectivity index (χ2n) is 5.82. The third-order valence-electron chi connectivity index (χ3n) is 4.31. The summed E-state index contributed by atoms with van der Waals surface area (Å²) in [4.78, 5) is 11.3. The summed E-state index contributed by atoms with van der Waals surface area (Å²) >= 11 is 1.91. The molecule has 3 rings (SSSR count). The topological polar surface area (TPSA) is 30.9 Å². The molecule has 0 unspecified atom stereocenters. The van der Waals surface area contributed by atoms with Crippen molar-refractivity contribution in [3.63, 3.8) is 0 Å². The zero-order valence-corrected chi connectivity index (χ0v) is 16.5. The van der Waals surface area contributed by atoms with Crippen LogP contribution in [0.2, 0.25) is 0 Å². The SMILES string of the molecule is CCNC(=NCCN1CCc2sccc2C1)N1CCCC1.I. The van der Waals surface area contributed by atoms with Crippen LogP contribution < -0.4 is 5.32 Å². The van der Waals surface area contributed by atoms with Gasteiger partial charge in [0.15, 0.2) is 5.96 Å². The van der Waals surface area contributed by atoms with Gasteiger partial charge < -0.3 is 10.2 Å². The third kappa shape index (κ3) is 4.58. The van der Waals surface area contributed by atoms with E-state index in [0.29, 0.717) is 0 Å². The average molecular weight is 434 g/mol. The number of aliphatic imine (C=N–C) groups is 1. The molecule has 0 saturated carbocycles. The Morgan fingerprint density at radius 2 is 2.14 bits per heavy atom. The van der Waals surface area contributed by atoms with E-state index in [2.05, 4.69) is 33.5 Å². The third-order valence-corrected chi connectivity index (χ3v) is 5.33. The van der Waals surface area contributed by atoms with Crippen molar-refractivity contribution >= 4 is 41.3 Å². The van der Waals surface area contributed by atoms with Crippen LogP contribution >= 0.6 is 35.3 Å². The molecule has 0 aromatic carbocycles. The van der Waals surface area contributed by atoms with Crippen LogP contribution in [0.1, 0.15) is 30.2 Å². The summed E-state index contributed by atoms with van der Waals surface area (Å²) in [6.07, 6.45) is 3.82. The number of guanidine groups is 1. The Morgan fingerprint density at radius 3 is 2.91 bits per heavy atom. The van der Waals surface area contributed by atoms with Crippen LogP contribution in [0.3, 0.4) is 0 Å². The zero-order valence-electron chi connectivity index (χ0n) is 13.4. The van der Waals surface area contributed by atoms with E-state index in [9.17, 15) is 0 Å². The van der Waals surface area contributed by atoms with E-state index in [1.165, 1.54) is 31.4 Å². The molecule has 3 heterocycles. The number of hydrogen-bond acceptors (Lipinski definition) is 3. The number of hydrogen-bond donors (Lipinski definition) is 1. The molecule has 0 atom stereocenters. The predicted octanol–water partition coefficient (Wildman–Crippen LogP) is 2.79. The molecule has 4 nitrogen and oxygen atoms in total. The van der Waals surface area contributed by atoms with Gasteiger partial charge >= 0.3 is 0 Å². The number of likely N-dealkylation sites (tertiary alicyclic amines) is 1. The van der Waals surface area contributed by atoms with Crippen molar-refractivity contribution in [2.24, 2.45) is 4.99 Å². The first-order valence-corrected chi connectivity index (χ1v) is 9.05. The van der Waals surface area contributed by atoms with Crippen molar-refractivity contribution in [1.82, 2.24) is 15.1 Å². The molecular weight excluding hydrogens is 407 g/mol. The Balaban J connectivity index is 0.00000176. The van der Waals surface area contributed by atoms with E-state index in [4.69, 9.17) is 4.99 Å². The van der Waals surface area contributed by atoms with E-state index in [0.717, 1.165) is 45.2 Å². The van der Waals surface area contributed by atoms with E-state index < -0.39 is 0 Å². The lowest BCUT2D eigenvalue weighted by atomic mass is 10.1. The average Bonchev–Trinajstić information content (AvgIpc) is 3.17. The number of nitrogens with one attached hydrogen (secondary N) is 1. The van der Waals surface area contributed by atoms with Gasteiger partial charge in [-0.3, -0.25) is 9.89 Å². The molecule has 1 aromatic heterocycles. The summed E-state index contributed by atoms with van der Waals surface area (Å²) in [5.41, 5.74) is 1.53. The molecule has 2 aliphatic rings. The van der Waals surface area contributed by atoms with Crippen molar-refractivity contribution < 1.29 is 0 Å². The molecule has 0 spiro atoms. The van der Waals surface area contributed by atoms with Crippen LogP contribution in [0.5, 0.6) is 0 Å². The number of nitrogens with zero attached hydrogens (tertiary/aromatic N) is 3. The van der Waals surface area contributed by atoms with Crippen LogP contribution in [-0.4, -0.2) is 55.0 Å². The molecule has 0 radical (unpaired) electrons. The summed E-state index contributed by atoms with van der Waals surface area (Å²) in [7, 11) is 0. The molecule has 22 heavy (non-hydrogen) atoms. The van der Waals surface area contributed by atoms with Gasteiger partial charge in [-0.1, -0.05) is 0 Å².